The maximum Gasteiger partial charge on any atom is 0.205 e. The van der Waals surface area contributed by atoms with E-state index in [0.29, 0.717) is 0 Å². The normalized spacial score (nSPS) is 14.0. The van der Waals surface area contributed by atoms with E-state index in [4.69, 9.17) is 0 Å². The molecule has 0 radical (unpaired) electrons. The fourth-order valence-corrected chi connectivity index (χ4v) is 2.89. The number of hydrogen-bond donors (Lipinski definition) is 1. The van der Waals surface area contributed by atoms with Crippen LogP contribution in [0.1, 0.15) is 5.56 Å². The lowest BCUT2D eigenvalue weighted by Gasteiger charge is -2.12. The highest BCUT2D eigenvalue weighted by molar-refractivity contribution is 7.95. The van der Waals surface area contributed by atoms with Crippen LogP contribution in [0, 0.1) is 6.92 Å². The first-order chi connectivity index (χ1) is 8.43. The standard InChI is InChI=1S/C14H16O3S/c1-4-6-14(13(15)5-2)18(16,17)12-9-7-11(3)8-10-12/h4-10,13,15H,1-2H2,3H3/t13-/m1/s1. The third kappa shape index (κ3) is 2.97. The van der Waals surface area contributed by atoms with E-state index >= 15 is 0 Å². The van der Waals surface area contributed by atoms with E-state index in [0.717, 1.165) is 5.56 Å². The van der Waals surface area contributed by atoms with Crippen molar-refractivity contribution >= 4 is 9.84 Å². The number of aryl methyl sites for hydroxylation is 1. The Morgan fingerprint density at radius 2 is 1.83 bits per heavy atom. The van der Waals surface area contributed by atoms with Crippen LogP contribution in [0.5, 0.6) is 0 Å². The molecule has 0 saturated heterocycles. The molecule has 1 rings (SSSR count). The zero-order valence-corrected chi connectivity index (χ0v) is 11.0. The van der Waals surface area contributed by atoms with Crippen molar-refractivity contribution in [3.8, 4) is 0 Å². The fraction of sp³-hybridized carbons (Fsp3) is 0.143. The number of rotatable bonds is 5. The van der Waals surface area contributed by atoms with Crippen molar-refractivity contribution in [2.75, 3.05) is 0 Å². The molecule has 0 aromatic heterocycles. The highest BCUT2D eigenvalue weighted by Gasteiger charge is 2.24. The number of aliphatic hydroxyl groups excluding tert-OH is 1. The first kappa shape index (κ1) is 14.4. The molecule has 1 aromatic rings. The molecule has 3 nitrogen and oxygen atoms in total. The Morgan fingerprint density at radius 1 is 1.28 bits per heavy atom. The van der Waals surface area contributed by atoms with E-state index < -0.39 is 15.9 Å². The molecule has 4 heteroatoms. The second kappa shape index (κ2) is 5.80. The lowest BCUT2D eigenvalue weighted by molar-refractivity contribution is 0.266. The maximum absolute atomic E-state index is 12.3. The number of sulfone groups is 1. The highest BCUT2D eigenvalue weighted by Crippen LogP contribution is 2.22. The molecule has 18 heavy (non-hydrogen) atoms. The summed E-state index contributed by atoms with van der Waals surface area (Å²) in [6.45, 7) is 8.72. The average molecular weight is 264 g/mol. The van der Waals surface area contributed by atoms with Crippen LogP contribution in [0.2, 0.25) is 0 Å². The Hall–Kier alpha value is -1.65. The molecule has 0 fully saturated rings. The van der Waals surface area contributed by atoms with E-state index in [1.807, 2.05) is 6.92 Å². The fourth-order valence-electron chi connectivity index (χ4n) is 1.43. The molecule has 0 amide bonds. The third-order valence-corrected chi connectivity index (χ3v) is 4.33. The van der Waals surface area contributed by atoms with Crippen LogP contribution in [0.15, 0.2) is 65.5 Å². The van der Waals surface area contributed by atoms with Gasteiger partial charge in [0.2, 0.25) is 9.84 Å². The molecule has 0 aliphatic carbocycles. The van der Waals surface area contributed by atoms with Crippen LogP contribution in [0.3, 0.4) is 0 Å². The van der Waals surface area contributed by atoms with E-state index in [1.54, 1.807) is 12.1 Å². The van der Waals surface area contributed by atoms with Gasteiger partial charge in [0, 0.05) is 0 Å². The van der Waals surface area contributed by atoms with Gasteiger partial charge >= 0.3 is 0 Å². The molecule has 0 saturated carbocycles. The van der Waals surface area contributed by atoms with Crippen LogP contribution in [-0.4, -0.2) is 19.6 Å². The largest absolute Gasteiger partial charge is 0.384 e. The van der Waals surface area contributed by atoms with E-state index in [2.05, 4.69) is 13.2 Å². The molecule has 1 atom stereocenters. The van der Waals surface area contributed by atoms with Crippen LogP contribution in [-0.2, 0) is 9.84 Å². The van der Waals surface area contributed by atoms with Gasteiger partial charge in [-0.1, -0.05) is 36.4 Å². The van der Waals surface area contributed by atoms with Crippen LogP contribution >= 0.6 is 0 Å². The van der Waals surface area contributed by atoms with Gasteiger partial charge in [-0.05, 0) is 25.1 Å². The Labute approximate surface area is 108 Å². The van der Waals surface area contributed by atoms with Crippen molar-refractivity contribution in [1.82, 2.24) is 0 Å². The topological polar surface area (TPSA) is 54.4 Å². The Bertz CT molecular complexity index is 566. The summed E-state index contributed by atoms with van der Waals surface area (Å²) >= 11 is 0. The number of allylic oxidation sites excluding steroid dienone is 2. The summed E-state index contributed by atoms with van der Waals surface area (Å²) in [5.74, 6) is 0. The van der Waals surface area contributed by atoms with E-state index in [9.17, 15) is 13.5 Å². The molecule has 96 valence electrons. The number of benzene rings is 1. The summed E-state index contributed by atoms with van der Waals surface area (Å²) in [6.07, 6.45) is 2.53. The third-order valence-electron chi connectivity index (χ3n) is 2.44. The SMILES string of the molecule is C=CC=C([C@H](O)C=C)S(=O)(=O)c1ccc(C)cc1. The Morgan fingerprint density at radius 3 is 2.28 bits per heavy atom. The van der Waals surface area contributed by atoms with Crippen molar-refractivity contribution in [3.05, 3.63) is 66.1 Å². The Balaban J connectivity index is 3.34. The summed E-state index contributed by atoms with van der Waals surface area (Å²) in [7, 11) is -3.72. The van der Waals surface area contributed by atoms with E-state index in [-0.39, 0.29) is 9.80 Å². The molecule has 1 aromatic carbocycles. The van der Waals surface area contributed by atoms with Gasteiger partial charge in [0.15, 0.2) is 0 Å². The molecule has 0 spiro atoms. The van der Waals surface area contributed by atoms with Crippen molar-refractivity contribution in [2.45, 2.75) is 17.9 Å². The zero-order chi connectivity index (χ0) is 13.8. The summed E-state index contributed by atoms with van der Waals surface area (Å²) in [5, 5.41) is 9.69. The molecular weight excluding hydrogens is 248 g/mol. The molecule has 0 heterocycles. The lowest BCUT2D eigenvalue weighted by atomic mass is 10.2. The van der Waals surface area contributed by atoms with Crippen molar-refractivity contribution in [3.63, 3.8) is 0 Å². The van der Waals surface area contributed by atoms with Gasteiger partial charge in [0.05, 0.1) is 9.80 Å². The van der Waals surface area contributed by atoms with Gasteiger partial charge in [-0.15, -0.1) is 6.58 Å². The average Bonchev–Trinajstić information content (AvgIpc) is 2.35. The van der Waals surface area contributed by atoms with Crippen LogP contribution in [0.4, 0.5) is 0 Å². The smallest absolute Gasteiger partial charge is 0.205 e. The van der Waals surface area contributed by atoms with Crippen LogP contribution in [0.25, 0.3) is 0 Å². The predicted molar refractivity (Wildman–Crippen MR) is 72.8 cm³/mol. The minimum absolute atomic E-state index is 0.128. The summed E-state index contributed by atoms with van der Waals surface area (Å²) < 4.78 is 24.6. The molecular formula is C14H16O3S. The minimum Gasteiger partial charge on any atom is -0.384 e. The van der Waals surface area contributed by atoms with Gasteiger partial charge in [-0.2, -0.15) is 0 Å². The first-order valence-electron chi connectivity index (χ1n) is 5.38. The molecule has 0 aliphatic heterocycles. The molecule has 0 aliphatic rings. The zero-order valence-electron chi connectivity index (χ0n) is 10.2. The van der Waals surface area contributed by atoms with Gasteiger partial charge in [0.1, 0.15) is 6.10 Å². The van der Waals surface area contributed by atoms with Gasteiger partial charge < -0.3 is 5.11 Å². The molecule has 0 bridgehead atoms. The molecule has 0 unspecified atom stereocenters. The Kier molecular flexibility index (Phi) is 4.64. The summed E-state index contributed by atoms with van der Waals surface area (Å²) in [5.41, 5.74) is 0.965. The summed E-state index contributed by atoms with van der Waals surface area (Å²) in [6, 6.07) is 6.44. The summed E-state index contributed by atoms with van der Waals surface area (Å²) in [4.78, 5) is 0.0125. The number of aliphatic hydroxyl groups is 1. The van der Waals surface area contributed by atoms with Gasteiger partial charge in [-0.3, -0.25) is 0 Å². The minimum atomic E-state index is -3.72. The number of hydrogen-bond acceptors (Lipinski definition) is 3. The second-order valence-electron chi connectivity index (χ2n) is 3.80. The second-order valence-corrected chi connectivity index (χ2v) is 5.75. The van der Waals surface area contributed by atoms with Crippen LogP contribution < -0.4 is 0 Å². The quantitative estimate of drug-likeness (QED) is 0.656. The molecule has 1 N–H and O–H groups in total. The highest BCUT2D eigenvalue weighted by atomic mass is 32.2. The predicted octanol–water partition coefficient (Wildman–Crippen LogP) is 2.39. The van der Waals surface area contributed by atoms with E-state index in [1.165, 1.54) is 30.4 Å². The van der Waals surface area contributed by atoms with Crippen molar-refractivity contribution in [2.24, 2.45) is 0 Å². The van der Waals surface area contributed by atoms with Gasteiger partial charge in [0.25, 0.3) is 0 Å². The monoisotopic (exact) mass is 264 g/mol. The van der Waals surface area contributed by atoms with Crippen molar-refractivity contribution in [1.29, 1.82) is 0 Å². The lowest BCUT2D eigenvalue weighted by Crippen LogP contribution is -2.16. The van der Waals surface area contributed by atoms with Gasteiger partial charge in [-0.25, -0.2) is 8.42 Å². The first-order valence-corrected chi connectivity index (χ1v) is 6.86. The maximum atomic E-state index is 12.3. The van der Waals surface area contributed by atoms with Crippen molar-refractivity contribution < 1.29 is 13.5 Å².